The molecule has 25 heavy (non-hydrogen) atoms. The molecule has 0 aliphatic carbocycles. The molecule has 132 valence electrons. The Balaban J connectivity index is 1.66. The molecule has 1 heterocycles. The number of aromatic carboxylic acids is 1. The van der Waals surface area contributed by atoms with E-state index < -0.39 is 5.97 Å². The van der Waals surface area contributed by atoms with Crippen LogP contribution in [0.5, 0.6) is 5.75 Å². The molecule has 0 radical (unpaired) electrons. The van der Waals surface area contributed by atoms with E-state index in [-0.39, 0.29) is 11.7 Å². The van der Waals surface area contributed by atoms with E-state index in [1.165, 1.54) is 0 Å². The van der Waals surface area contributed by atoms with E-state index in [1.54, 1.807) is 18.2 Å². The monoisotopic (exact) mass is 341 g/mol. The van der Waals surface area contributed by atoms with Gasteiger partial charge in [0, 0.05) is 13.2 Å². The molecule has 1 saturated heterocycles. The molecule has 1 aliphatic rings. The van der Waals surface area contributed by atoms with Crippen LogP contribution in [0.25, 0.3) is 0 Å². The Morgan fingerprint density at radius 2 is 2.20 bits per heavy atom. The number of anilines is 1. The summed E-state index contributed by atoms with van der Waals surface area (Å²) in [6.45, 7) is 3.92. The number of carboxylic acids is 1. The summed E-state index contributed by atoms with van der Waals surface area (Å²) in [4.78, 5) is 11.1. The van der Waals surface area contributed by atoms with Crippen LogP contribution in [-0.2, 0) is 11.3 Å². The molecule has 0 saturated carbocycles. The van der Waals surface area contributed by atoms with Crippen LogP contribution < -0.4 is 10.1 Å². The van der Waals surface area contributed by atoms with Gasteiger partial charge in [-0.05, 0) is 55.2 Å². The fourth-order valence-electron chi connectivity index (χ4n) is 2.87. The van der Waals surface area contributed by atoms with Crippen molar-refractivity contribution in [2.45, 2.75) is 32.4 Å². The van der Waals surface area contributed by atoms with Crippen molar-refractivity contribution in [1.29, 1.82) is 0 Å². The van der Waals surface area contributed by atoms with Crippen molar-refractivity contribution < 1.29 is 19.4 Å². The zero-order valence-corrected chi connectivity index (χ0v) is 14.3. The lowest BCUT2D eigenvalue weighted by Crippen LogP contribution is -2.17. The number of hydrogen-bond donors (Lipinski definition) is 2. The molecule has 0 aromatic heterocycles. The van der Waals surface area contributed by atoms with Crippen LogP contribution in [0.1, 0.15) is 34.3 Å². The Bertz CT molecular complexity index is 738. The van der Waals surface area contributed by atoms with Crippen LogP contribution in [0, 0.1) is 6.92 Å². The lowest BCUT2D eigenvalue weighted by Gasteiger charge is -2.16. The molecule has 2 aromatic rings. The number of ether oxygens (including phenoxy) is 2. The normalized spacial score (nSPS) is 16.6. The summed E-state index contributed by atoms with van der Waals surface area (Å²) in [6, 6.07) is 12.9. The van der Waals surface area contributed by atoms with Gasteiger partial charge in [0.05, 0.1) is 17.4 Å². The van der Waals surface area contributed by atoms with Crippen molar-refractivity contribution >= 4 is 11.7 Å². The van der Waals surface area contributed by atoms with Crippen molar-refractivity contribution in [1.82, 2.24) is 0 Å². The first-order valence-corrected chi connectivity index (χ1v) is 8.53. The average Bonchev–Trinajstić information content (AvgIpc) is 3.13. The second-order valence-electron chi connectivity index (χ2n) is 6.30. The Kier molecular flexibility index (Phi) is 5.56. The molecule has 5 nitrogen and oxygen atoms in total. The minimum atomic E-state index is -0.919. The Morgan fingerprint density at radius 1 is 1.32 bits per heavy atom. The van der Waals surface area contributed by atoms with E-state index >= 15 is 0 Å². The molecular weight excluding hydrogens is 318 g/mol. The van der Waals surface area contributed by atoms with Gasteiger partial charge in [-0.3, -0.25) is 0 Å². The third-order valence-corrected chi connectivity index (χ3v) is 4.24. The average molecular weight is 341 g/mol. The van der Waals surface area contributed by atoms with Crippen molar-refractivity contribution in [3.63, 3.8) is 0 Å². The molecule has 3 rings (SSSR count). The summed E-state index contributed by atoms with van der Waals surface area (Å²) in [6.07, 6.45) is 2.30. The molecule has 1 unspecified atom stereocenters. The number of aryl methyl sites for hydroxylation is 1. The lowest BCUT2D eigenvalue weighted by atomic mass is 10.1. The van der Waals surface area contributed by atoms with Crippen LogP contribution in [0.3, 0.4) is 0 Å². The maximum absolute atomic E-state index is 11.1. The lowest BCUT2D eigenvalue weighted by molar-refractivity contribution is 0.0681. The SMILES string of the molecule is Cc1ccc(NCc2cccc(C(=O)O)c2)c(OCC2CCCO2)c1. The second-order valence-corrected chi connectivity index (χ2v) is 6.30. The summed E-state index contributed by atoms with van der Waals surface area (Å²) in [7, 11) is 0. The second kappa shape index (κ2) is 8.03. The van der Waals surface area contributed by atoms with Gasteiger partial charge in [0.2, 0.25) is 0 Å². The minimum absolute atomic E-state index is 0.167. The molecule has 2 aromatic carbocycles. The van der Waals surface area contributed by atoms with Gasteiger partial charge >= 0.3 is 5.97 Å². The first-order valence-electron chi connectivity index (χ1n) is 8.53. The molecule has 0 spiro atoms. The number of benzene rings is 2. The molecule has 0 amide bonds. The van der Waals surface area contributed by atoms with Crippen molar-refractivity contribution in [3.8, 4) is 5.75 Å². The van der Waals surface area contributed by atoms with Crippen molar-refractivity contribution in [3.05, 3.63) is 59.2 Å². The number of hydrogen-bond acceptors (Lipinski definition) is 4. The minimum Gasteiger partial charge on any atom is -0.489 e. The molecule has 1 aliphatic heterocycles. The highest BCUT2D eigenvalue weighted by Gasteiger charge is 2.17. The van der Waals surface area contributed by atoms with Crippen LogP contribution >= 0.6 is 0 Å². The summed E-state index contributed by atoms with van der Waals surface area (Å²) in [5, 5.41) is 12.4. The molecule has 1 fully saturated rings. The van der Waals surface area contributed by atoms with Crippen LogP contribution in [0.15, 0.2) is 42.5 Å². The highest BCUT2D eigenvalue weighted by Crippen LogP contribution is 2.27. The van der Waals surface area contributed by atoms with Gasteiger partial charge in [-0.1, -0.05) is 18.2 Å². The number of nitrogens with one attached hydrogen (secondary N) is 1. The van der Waals surface area contributed by atoms with Gasteiger partial charge in [0.25, 0.3) is 0 Å². The summed E-state index contributed by atoms with van der Waals surface area (Å²) in [5.41, 5.74) is 3.22. The van der Waals surface area contributed by atoms with Gasteiger partial charge in [-0.15, -0.1) is 0 Å². The first kappa shape index (κ1) is 17.3. The molecule has 5 heteroatoms. The van der Waals surface area contributed by atoms with Gasteiger partial charge in [-0.25, -0.2) is 4.79 Å². The largest absolute Gasteiger partial charge is 0.489 e. The third kappa shape index (κ3) is 4.73. The number of rotatable bonds is 7. The topological polar surface area (TPSA) is 67.8 Å². The first-order chi connectivity index (χ1) is 12.1. The fourth-order valence-corrected chi connectivity index (χ4v) is 2.87. The van der Waals surface area contributed by atoms with Crippen molar-refractivity contribution in [2.24, 2.45) is 0 Å². The van der Waals surface area contributed by atoms with Crippen molar-refractivity contribution in [2.75, 3.05) is 18.5 Å². The van der Waals surface area contributed by atoms with Crippen LogP contribution in [-0.4, -0.2) is 30.4 Å². The molecule has 0 bridgehead atoms. The maximum atomic E-state index is 11.1. The highest BCUT2D eigenvalue weighted by molar-refractivity contribution is 5.87. The number of carbonyl (C=O) groups is 1. The maximum Gasteiger partial charge on any atom is 0.335 e. The zero-order chi connectivity index (χ0) is 17.6. The predicted molar refractivity (Wildman–Crippen MR) is 96.4 cm³/mol. The predicted octanol–water partition coefficient (Wildman–Crippen LogP) is 3.86. The van der Waals surface area contributed by atoms with Gasteiger partial charge in [-0.2, -0.15) is 0 Å². The van der Waals surface area contributed by atoms with E-state index in [9.17, 15) is 4.79 Å². The Hall–Kier alpha value is -2.53. The van der Waals surface area contributed by atoms with E-state index in [4.69, 9.17) is 14.6 Å². The Morgan fingerprint density at radius 3 is 2.96 bits per heavy atom. The van der Waals surface area contributed by atoms with Crippen LogP contribution in [0.2, 0.25) is 0 Å². The van der Waals surface area contributed by atoms with Gasteiger partial charge in [0.15, 0.2) is 0 Å². The zero-order valence-electron chi connectivity index (χ0n) is 14.3. The standard InChI is InChI=1S/C20H23NO4/c1-14-7-8-18(19(10-14)25-13-17-6-3-9-24-17)21-12-15-4-2-5-16(11-15)20(22)23/h2,4-5,7-8,10-11,17,21H,3,6,9,12-13H2,1H3,(H,22,23). The van der Waals surface area contributed by atoms with Gasteiger partial charge < -0.3 is 19.9 Å². The summed E-state index contributed by atoms with van der Waals surface area (Å²) >= 11 is 0. The quantitative estimate of drug-likeness (QED) is 0.800. The summed E-state index contributed by atoms with van der Waals surface area (Å²) < 4.78 is 11.6. The molecular formula is C20H23NO4. The molecule has 1 atom stereocenters. The van der Waals surface area contributed by atoms with Crippen LogP contribution in [0.4, 0.5) is 5.69 Å². The van der Waals surface area contributed by atoms with E-state index in [1.807, 2.05) is 31.2 Å². The van der Waals surface area contributed by atoms with Gasteiger partial charge in [0.1, 0.15) is 12.4 Å². The smallest absolute Gasteiger partial charge is 0.335 e. The Labute approximate surface area is 147 Å². The summed E-state index contributed by atoms with van der Waals surface area (Å²) in [5.74, 6) is -0.123. The van der Waals surface area contributed by atoms with E-state index in [2.05, 4.69) is 5.32 Å². The third-order valence-electron chi connectivity index (χ3n) is 4.24. The van der Waals surface area contributed by atoms with E-state index in [0.29, 0.717) is 13.2 Å². The highest BCUT2D eigenvalue weighted by atomic mass is 16.5. The van der Waals surface area contributed by atoms with E-state index in [0.717, 1.165) is 42.0 Å². The fraction of sp³-hybridized carbons (Fsp3) is 0.350. The molecule has 2 N–H and O–H groups in total. The number of carboxylic acid groups (broad SMARTS) is 1.